The Kier molecular flexibility index (Phi) is 7.96. The van der Waals surface area contributed by atoms with E-state index in [1.165, 1.54) is 12.1 Å². The van der Waals surface area contributed by atoms with Crippen molar-refractivity contribution < 1.29 is 19.0 Å². The Balaban J connectivity index is 1.79. The van der Waals surface area contributed by atoms with Gasteiger partial charge in [0.1, 0.15) is 12.7 Å². The van der Waals surface area contributed by atoms with Gasteiger partial charge in [-0.1, -0.05) is 25.1 Å². The van der Waals surface area contributed by atoms with Crippen LogP contribution in [0.3, 0.4) is 0 Å². The molecule has 3 atom stereocenters. The Morgan fingerprint density at radius 3 is 2.61 bits per heavy atom. The first-order valence-electron chi connectivity index (χ1n) is 9.46. The van der Waals surface area contributed by atoms with Gasteiger partial charge in [0.2, 0.25) is 5.91 Å². The Bertz CT molecular complexity index is 797. The van der Waals surface area contributed by atoms with Gasteiger partial charge in [0.25, 0.3) is 0 Å². The predicted octanol–water partition coefficient (Wildman–Crippen LogP) is 2.83. The van der Waals surface area contributed by atoms with Crippen molar-refractivity contribution in [2.24, 2.45) is 11.7 Å². The maximum atomic E-state index is 13.5. The summed E-state index contributed by atoms with van der Waals surface area (Å²) in [5.74, 6) is -0.428. The number of aliphatic hydroxyl groups is 1. The summed E-state index contributed by atoms with van der Waals surface area (Å²) in [5, 5.41) is 13.4. The van der Waals surface area contributed by atoms with Crippen LogP contribution in [0, 0.1) is 18.7 Å². The summed E-state index contributed by atoms with van der Waals surface area (Å²) in [4.78, 5) is 11.3. The third-order valence-electron chi connectivity index (χ3n) is 4.97. The molecule has 0 aliphatic carbocycles. The number of carbonyl (C=O) groups excluding carboxylic acids is 1. The van der Waals surface area contributed by atoms with Crippen molar-refractivity contribution in [2.45, 2.75) is 39.3 Å². The van der Waals surface area contributed by atoms with E-state index in [0.29, 0.717) is 18.0 Å². The molecule has 0 radical (unpaired) electrons. The Labute approximate surface area is 165 Å². The lowest BCUT2D eigenvalue weighted by atomic mass is 9.91. The monoisotopic (exact) mass is 388 g/mol. The highest BCUT2D eigenvalue weighted by molar-refractivity contribution is 5.93. The predicted molar refractivity (Wildman–Crippen MR) is 108 cm³/mol. The van der Waals surface area contributed by atoms with Crippen LogP contribution in [-0.4, -0.2) is 36.3 Å². The summed E-state index contributed by atoms with van der Waals surface area (Å²) in [7, 11) is 0. The summed E-state index contributed by atoms with van der Waals surface area (Å²) < 4.78 is 18.9. The molecule has 1 amide bonds. The van der Waals surface area contributed by atoms with Crippen molar-refractivity contribution in [3.05, 3.63) is 65.0 Å². The maximum absolute atomic E-state index is 13.5. The molecule has 3 unspecified atom stereocenters. The van der Waals surface area contributed by atoms with Crippen LogP contribution in [0.5, 0.6) is 5.75 Å². The number of benzene rings is 2. The molecule has 0 saturated carbocycles. The lowest BCUT2D eigenvalue weighted by Gasteiger charge is -2.24. The first-order chi connectivity index (χ1) is 13.3. The summed E-state index contributed by atoms with van der Waals surface area (Å²) in [6.07, 6.45) is 0.0896. The Morgan fingerprint density at radius 2 is 1.96 bits per heavy atom. The quantitative estimate of drug-likeness (QED) is 0.584. The van der Waals surface area contributed by atoms with E-state index < -0.39 is 17.8 Å². The molecule has 0 spiro atoms. The standard InChI is InChI=1S/C22H29FN2O3/c1-14(10-17-8-9-18(22(24)27)11-15(17)2)16(3)25-12-19(26)13-28-21-7-5-4-6-20(21)23/h4-9,11,14,16,19,25-26H,10,12-13H2,1-3H3,(H2,24,27). The molecule has 0 saturated heterocycles. The molecule has 0 aromatic heterocycles. The van der Waals surface area contributed by atoms with Crippen LogP contribution in [0.4, 0.5) is 4.39 Å². The SMILES string of the molecule is Cc1cc(C(N)=O)ccc1CC(C)C(C)NCC(O)COc1ccccc1F. The lowest BCUT2D eigenvalue weighted by molar-refractivity contribution is 0.0997. The molecule has 0 bridgehead atoms. The van der Waals surface area contributed by atoms with Crippen LogP contribution < -0.4 is 15.8 Å². The average molecular weight is 388 g/mol. The van der Waals surface area contributed by atoms with Gasteiger partial charge in [-0.15, -0.1) is 0 Å². The summed E-state index contributed by atoms with van der Waals surface area (Å²) in [6, 6.07) is 11.8. The molecule has 0 heterocycles. The number of ether oxygens (including phenoxy) is 1. The topological polar surface area (TPSA) is 84.6 Å². The fraction of sp³-hybridized carbons (Fsp3) is 0.409. The number of para-hydroxylation sites is 1. The van der Waals surface area contributed by atoms with E-state index in [0.717, 1.165) is 17.5 Å². The molecule has 0 aliphatic heterocycles. The first kappa shape index (κ1) is 21.9. The number of aryl methyl sites for hydroxylation is 1. The molecular weight excluding hydrogens is 359 g/mol. The third-order valence-corrected chi connectivity index (χ3v) is 4.97. The molecule has 4 N–H and O–H groups in total. The number of aliphatic hydroxyl groups excluding tert-OH is 1. The second kappa shape index (κ2) is 10.2. The van der Waals surface area contributed by atoms with Gasteiger partial charge in [0.05, 0.1) is 0 Å². The maximum Gasteiger partial charge on any atom is 0.248 e. The third kappa shape index (κ3) is 6.32. The van der Waals surface area contributed by atoms with Crippen LogP contribution in [-0.2, 0) is 6.42 Å². The highest BCUT2D eigenvalue weighted by atomic mass is 19.1. The molecule has 6 heteroatoms. The zero-order valence-electron chi connectivity index (χ0n) is 16.6. The number of hydrogen-bond acceptors (Lipinski definition) is 4. The Morgan fingerprint density at radius 1 is 1.25 bits per heavy atom. The zero-order valence-corrected chi connectivity index (χ0v) is 16.6. The molecule has 0 fully saturated rings. The van der Waals surface area contributed by atoms with E-state index in [-0.39, 0.29) is 18.4 Å². The number of hydrogen-bond donors (Lipinski definition) is 3. The van der Waals surface area contributed by atoms with Crippen LogP contribution >= 0.6 is 0 Å². The van der Waals surface area contributed by atoms with E-state index in [1.54, 1.807) is 18.2 Å². The van der Waals surface area contributed by atoms with Crippen molar-refractivity contribution in [3.63, 3.8) is 0 Å². The second-order valence-corrected chi connectivity index (χ2v) is 7.28. The highest BCUT2D eigenvalue weighted by Crippen LogP contribution is 2.18. The summed E-state index contributed by atoms with van der Waals surface area (Å²) in [5.41, 5.74) is 8.03. The molecule has 5 nitrogen and oxygen atoms in total. The van der Waals surface area contributed by atoms with E-state index in [9.17, 15) is 14.3 Å². The molecule has 2 aromatic rings. The Hall–Kier alpha value is -2.44. The van der Waals surface area contributed by atoms with Crippen LogP contribution in [0.1, 0.15) is 35.3 Å². The van der Waals surface area contributed by atoms with Crippen molar-refractivity contribution in [3.8, 4) is 5.75 Å². The number of nitrogens with one attached hydrogen (secondary N) is 1. The normalized spacial score (nSPS) is 14.3. The summed E-state index contributed by atoms with van der Waals surface area (Å²) >= 11 is 0. The van der Waals surface area contributed by atoms with E-state index in [1.807, 2.05) is 19.1 Å². The van der Waals surface area contributed by atoms with Gasteiger partial charge in [-0.2, -0.15) is 0 Å². The van der Waals surface area contributed by atoms with Gasteiger partial charge in [-0.05, 0) is 61.6 Å². The van der Waals surface area contributed by atoms with E-state index in [4.69, 9.17) is 10.5 Å². The minimum Gasteiger partial charge on any atom is -0.488 e. The van der Waals surface area contributed by atoms with Gasteiger partial charge in [0.15, 0.2) is 11.6 Å². The van der Waals surface area contributed by atoms with Gasteiger partial charge in [0, 0.05) is 18.2 Å². The number of amides is 1. The number of nitrogens with two attached hydrogens (primary N) is 1. The van der Waals surface area contributed by atoms with Gasteiger partial charge < -0.3 is 20.9 Å². The van der Waals surface area contributed by atoms with Crippen LogP contribution in [0.2, 0.25) is 0 Å². The van der Waals surface area contributed by atoms with Crippen molar-refractivity contribution in [1.82, 2.24) is 5.32 Å². The van der Waals surface area contributed by atoms with Crippen molar-refractivity contribution in [1.29, 1.82) is 0 Å². The second-order valence-electron chi connectivity index (χ2n) is 7.28. The molecule has 2 rings (SSSR count). The largest absolute Gasteiger partial charge is 0.488 e. The highest BCUT2D eigenvalue weighted by Gasteiger charge is 2.16. The lowest BCUT2D eigenvalue weighted by Crippen LogP contribution is -2.40. The smallest absolute Gasteiger partial charge is 0.248 e. The average Bonchev–Trinajstić information content (AvgIpc) is 2.66. The number of halogens is 1. The van der Waals surface area contributed by atoms with E-state index in [2.05, 4.69) is 19.2 Å². The molecule has 152 valence electrons. The van der Waals surface area contributed by atoms with Crippen LogP contribution in [0.25, 0.3) is 0 Å². The number of rotatable bonds is 10. The fourth-order valence-corrected chi connectivity index (χ4v) is 2.93. The first-order valence-corrected chi connectivity index (χ1v) is 9.46. The molecular formula is C22H29FN2O3. The molecule has 0 aliphatic rings. The zero-order chi connectivity index (χ0) is 20.7. The number of carbonyl (C=O) groups is 1. The fourth-order valence-electron chi connectivity index (χ4n) is 2.93. The van der Waals surface area contributed by atoms with Crippen molar-refractivity contribution in [2.75, 3.05) is 13.2 Å². The van der Waals surface area contributed by atoms with Crippen molar-refractivity contribution >= 4 is 5.91 Å². The number of primary amides is 1. The molecule has 2 aromatic carbocycles. The van der Waals surface area contributed by atoms with E-state index >= 15 is 0 Å². The minimum atomic E-state index is -0.745. The van der Waals surface area contributed by atoms with Gasteiger partial charge in [-0.3, -0.25) is 4.79 Å². The minimum absolute atomic E-state index is 0.0166. The van der Waals surface area contributed by atoms with Gasteiger partial charge in [-0.25, -0.2) is 4.39 Å². The molecule has 28 heavy (non-hydrogen) atoms. The summed E-state index contributed by atoms with van der Waals surface area (Å²) in [6.45, 7) is 6.52. The van der Waals surface area contributed by atoms with Gasteiger partial charge >= 0.3 is 0 Å². The van der Waals surface area contributed by atoms with Crippen LogP contribution in [0.15, 0.2) is 42.5 Å².